The van der Waals surface area contributed by atoms with E-state index in [4.69, 9.17) is 14.2 Å². The third-order valence-electron chi connectivity index (χ3n) is 1.78. The fraction of sp³-hybridized carbons (Fsp3) is 0.400. The number of ether oxygens (including phenoxy) is 3. The lowest BCUT2D eigenvalue weighted by Crippen LogP contribution is -1.95. The molecule has 0 atom stereocenters. The number of aryl methyl sites for hydroxylation is 1. The van der Waals surface area contributed by atoms with Gasteiger partial charge >= 0.3 is 0 Å². The van der Waals surface area contributed by atoms with E-state index < -0.39 is 0 Å². The van der Waals surface area contributed by atoms with E-state index in [1.807, 2.05) is 13.0 Å². The third-order valence-corrected chi connectivity index (χ3v) is 1.78. The second-order valence-corrected chi connectivity index (χ2v) is 2.59. The molecule has 0 N–H and O–H groups in total. The van der Waals surface area contributed by atoms with E-state index in [1.165, 1.54) is 0 Å². The first kappa shape index (κ1) is 9.71. The monoisotopic (exact) mass is 181 g/mol. The molecule has 3 heteroatoms. The van der Waals surface area contributed by atoms with Crippen LogP contribution in [0.5, 0.6) is 17.2 Å². The average molecular weight is 181 g/mol. The summed E-state index contributed by atoms with van der Waals surface area (Å²) in [6, 6.07) is 4.78. The van der Waals surface area contributed by atoms with Crippen molar-refractivity contribution in [1.82, 2.24) is 0 Å². The molecule has 1 radical (unpaired) electrons. The van der Waals surface area contributed by atoms with Crippen LogP contribution >= 0.6 is 0 Å². The molecule has 0 aromatic heterocycles. The molecule has 0 saturated carbocycles. The molecule has 71 valence electrons. The largest absolute Gasteiger partial charge is 0.496 e. The molecular formula is C10H13O3. The Morgan fingerprint density at radius 3 is 2.23 bits per heavy atom. The van der Waals surface area contributed by atoms with Gasteiger partial charge in [-0.3, -0.25) is 0 Å². The molecule has 0 unspecified atom stereocenters. The standard InChI is InChI=1S/C10H13O3/c1-7-5-8(11-2)6-9(12-3)10(7)13-4/h5H,1-4H3. The van der Waals surface area contributed by atoms with Crippen LogP contribution in [-0.2, 0) is 0 Å². The van der Waals surface area contributed by atoms with Gasteiger partial charge in [-0.2, -0.15) is 0 Å². The van der Waals surface area contributed by atoms with Crippen molar-refractivity contribution in [3.8, 4) is 17.2 Å². The maximum Gasteiger partial charge on any atom is 0.172 e. The molecule has 0 fully saturated rings. The minimum absolute atomic E-state index is 0.569. The maximum absolute atomic E-state index is 5.15. The second-order valence-electron chi connectivity index (χ2n) is 2.59. The fourth-order valence-corrected chi connectivity index (χ4v) is 1.15. The first-order chi connectivity index (χ1) is 6.22. The first-order valence-corrected chi connectivity index (χ1v) is 3.91. The van der Waals surface area contributed by atoms with Crippen molar-refractivity contribution in [1.29, 1.82) is 0 Å². The molecule has 0 amide bonds. The summed E-state index contributed by atoms with van der Waals surface area (Å²) >= 11 is 0. The van der Waals surface area contributed by atoms with Crippen LogP contribution in [0, 0.1) is 13.0 Å². The summed E-state index contributed by atoms with van der Waals surface area (Å²) < 4.78 is 15.3. The van der Waals surface area contributed by atoms with E-state index in [2.05, 4.69) is 6.07 Å². The predicted octanol–water partition coefficient (Wildman–Crippen LogP) is 1.82. The Balaban J connectivity index is 3.20. The molecule has 0 aliphatic heterocycles. The van der Waals surface area contributed by atoms with Gasteiger partial charge in [0.15, 0.2) is 11.5 Å². The third kappa shape index (κ3) is 1.86. The summed E-state index contributed by atoms with van der Waals surface area (Å²) in [6.45, 7) is 1.93. The van der Waals surface area contributed by atoms with Crippen LogP contribution in [0.2, 0.25) is 0 Å². The highest BCUT2D eigenvalue weighted by molar-refractivity contribution is 5.50. The topological polar surface area (TPSA) is 27.7 Å². The molecule has 3 nitrogen and oxygen atoms in total. The number of rotatable bonds is 3. The SMILES string of the molecule is COc1[c]c(OC)c(OC)c(C)c1. The van der Waals surface area contributed by atoms with Crippen molar-refractivity contribution >= 4 is 0 Å². The van der Waals surface area contributed by atoms with Crippen LogP contribution in [0.1, 0.15) is 5.56 Å². The summed E-state index contributed by atoms with van der Waals surface area (Å²) in [5, 5.41) is 0. The second kappa shape index (κ2) is 4.03. The van der Waals surface area contributed by atoms with Crippen molar-refractivity contribution in [2.45, 2.75) is 6.92 Å². The fourth-order valence-electron chi connectivity index (χ4n) is 1.15. The predicted molar refractivity (Wildman–Crippen MR) is 49.7 cm³/mol. The van der Waals surface area contributed by atoms with Crippen molar-refractivity contribution in [3.63, 3.8) is 0 Å². The van der Waals surface area contributed by atoms with Gasteiger partial charge in [-0.05, 0) is 18.6 Å². The number of hydrogen-bond donors (Lipinski definition) is 0. The molecule has 1 aromatic rings. The van der Waals surface area contributed by atoms with E-state index >= 15 is 0 Å². The molecule has 0 saturated heterocycles. The molecule has 0 heterocycles. The Hall–Kier alpha value is -1.38. The van der Waals surface area contributed by atoms with Gasteiger partial charge in [-0.25, -0.2) is 0 Å². The lowest BCUT2D eigenvalue weighted by molar-refractivity contribution is 0.346. The van der Waals surface area contributed by atoms with Crippen molar-refractivity contribution < 1.29 is 14.2 Å². The van der Waals surface area contributed by atoms with Gasteiger partial charge in [-0.15, -0.1) is 0 Å². The lowest BCUT2D eigenvalue weighted by atomic mass is 10.2. The number of methoxy groups -OCH3 is 3. The van der Waals surface area contributed by atoms with E-state index in [9.17, 15) is 0 Å². The highest BCUT2D eigenvalue weighted by atomic mass is 16.5. The van der Waals surface area contributed by atoms with Gasteiger partial charge in [0.2, 0.25) is 0 Å². The van der Waals surface area contributed by atoms with Gasteiger partial charge in [0, 0.05) is 0 Å². The van der Waals surface area contributed by atoms with Crippen LogP contribution in [-0.4, -0.2) is 21.3 Å². The molecule has 13 heavy (non-hydrogen) atoms. The lowest BCUT2D eigenvalue weighted by Gasteiger charge is -2.11. The molecule has 1 rings (SSSR count). The van der Waals surface area contributed by atoms with Crippen LogP contribution < -0.4 is 14.2 Å². The number of benzene rings is 1. The van der Waals surface area contributed by atoms with E-state index in [-0.39, 0.29) is 0 Å². The van der Waals surface area contributed by atoms with Crippen LogP contribution in [0.25, 0.3) is 0 Å². The molecule has 0 aliphatic carbocycles. The van der Waals surface area contributed by atoms with Crippen LogP contribution in [0.4, 0.5) is 0 Å². The minimum atomic E-state index is 0.569. The molecular weight excluding hydrogens is 168 g/mol. The van der Waals surface area contributed by atoms with Crippen LogP contribution in [0.15, 0.2) is 6.07 Å². The van der Waals surface area contributed by atoms with E-state index in [0.717, 1.165) is 5.56 Å². The quantitative estimate of drug-likeness (QED) is 0.711. The molecule has 1 aromatic carbocycles. The van der Waals surface area contributed by atoms with Gasteiger partial charge in [-0.1, -0.05) is 0 Å². The Labute approximate surface area is 78.2 Å². The Morgan fingerprint density at radius 1 is 1.08 bits per heavy atom. The van der Waals surface area contributed by atoms with Crippen LogP contribution in [0.3, 0.4) is 0 Å². The highest BCUT2D eigenvalue weighted by Gasteiger charge is 2.09. The average Bonchev–Trinajstić information content (AvgIpc) is 2.16. The summed E-state index contributed by atoms with van der Waals surface area (Å²) in [4.78, 5) is 0. The Kier molecular flexibility index (Phi) is 3.01. The van der Waals surface area contributed by atoms with Crippen molar-refractivity contribution in [3.05, 3.63) is 17.7 Å². The zero-order chi connectivity index (χ0) is 9.84. The molecule has 0 spiro atoms. The zero-order valence-corrected chi connectivity index (χ0v) is 8.30. The van der Waals surface area contributed by atoms with Crippen molar-refractivity contribution in [2.24, 2.45) is 0 Å². The first-order valence-electron chi connectivity index (χ1n) is 3.91. The Morgan fingerprint density at radius 2 is 1.77 bits per heavy atom. The van der Waals surface area contributed by atoms with Crippen molar-refractivity contribution in [2.75, 3.05) is 21.3 Å². The Bertz CT molecular complexity index is 294. The highest BCUT2D eigenvalue weighted by Crippen LogP contribution is 2.33. The maximum atomic E-state index is 5.15. The summed E-state index contributed by atoms with van der Waals surface area (Å²) in [5.74, 6) is 1.91. The van der Waals surface area contributed by atoms with E-state index in [0.29, 0.717) is 17.2 Å². The smallest absolute Gasteiger partial charge is 0.172 e. The molecule has 0 aliphatic rings. The summed E-state index contributed by atoms with van der Waals surface area (Å²) in [7, 11) is 4.77. The zero-order valence-electron chi connectivity index (χ0n) is 8.30. The van der Waals surface area contributed by atoms with Gasteiger partial charge in [0.1, 0.15) is 5.75 Å². The van der Waals surface area contributed by atoms with Gasteiger partial charge < -0.3 is 14.2 Å². The van der Waals surface area contributed by atoms with E-state index in [1.54, 1.807) is 21.3 Å². The number of hydrogen-bond acceptors (Lipinski definition) is 3. The normalized spacial score (nSPS) is 9.54. The molecule has 0 bridgehead atoms. The summed E-state index contributed by atoms with van der Waals surface area (Å²) in [6.07, 6.45) is 0. The minimum Gasteiger partial charge on any atom is -0.496 e. The van der Waals surface area contributed by atoms with Gasteiger partial charge in [0.05, 0.1) is 27.4 Å². The summed E-state index contributed by atoms with van der Waals surface area (Å²) in [5.41, 5.74) is 0.968. The van der Waals surface area contributed by atoms with Gasteiger partial charge in [0.25, 0.3) is 0 Å².